The topological polar surface area (TPSA) is 38.5 Å². The van der Waals surface area contributed by atoms with Crippen LogP contribution in [0.15, 0.2) is 18.2 Å². The van der Waals surface area contributed by atoms with Crippen LogP contribution in [0.25, 0.3) is 0 Å². The van der Waals surface area contributed by atoms with Crippen molar-refractivity contribution in [2.24, 2.45) is 5.92 Å². The number of anilines is 2. The first kappa shape index (κ1) is 15.0. The fraction of sp³-hybridized carbons (Fsp3) is 0.647. The van der Waals surface area contributed by atoms with Crippen molar-refractivity contribution in [1.29, 1.82) is 0 Å². The molecule has 1 saturated carbocycles. The van der Waals surface area contributed by atoms with Crippen LogP contribution in [0.4, 0.5) is 11.4 Å². The molecule has 0 atom stereocenters. The zero-order valence-electron chi connectivity index (χ0n) is 13.1. The molecule has 2 N–H and O–H groups in total. The Morgan fingerprint density at radius 2 is 2.00 bits per heavy atom. The average Bonchev–Trinajstić information content (AvgIpc) is 2.94. The van der Waals surface area contributed by atoms with E-state index >= 15 is 0 Å². The molecule has 1 aliphatic rings. The summed E-state index contributed by atoms with van der Waals surface area (Å²) >= 11 is 0. The maximum absolute atomic E-state index is 6.30. The smallest absolute Gasteiger partial charge is 0.143 e. The lowest BCUT2D eigenvalue weighted by molar-refractivity contribution is 0.416. The van der Waals surface area contributed by atoms with Gasteiger partial charge in [-0.15, -0.1) is 0 Å². The molecule has 0 heterocycles. The first-order valence-electron chi connectivity index (χ1n) is 7.82. The zero-order valence-corrected chi connectivity index (χ0v) is 13.1. The molecule has 0 radical (unpaired) electrons. The molecule has 20 heavy (non-hydrogen) atoms. The molecule has 1 aliphatic carbocycles. The lowest BCUT2D eigenvalue weighted by Crippen LogP contribution is -2.35. The minimum absolute atomic E-state index is 0.642. The monoisotopic (exact) mass is 276 g/mol. The third-order valence-corrected chi connectivity index (χ3v) is 4.29. The van der Waals surface area contributed by atoms with E-state index in [9.17, 15) is 0 Å². The lowest BCUT2D eigenvalue weighted by Gasteiger charge is -2.33. The van der Waals surface area contributed by atoms with Crippen molar-refractivity contribution in [2.45, 2.75) is 52.0 Å². The number of rotatable bonds is 6. The Balaban J connectivity index is 2.25. The van der Waals surface area contributed by atoms with Gasteiger partial charge in [0.25, 0.3) is 0 Å². The zero-order chi connectivity index (χ0) is 14.5. The standard InChI is InChI=1S/C17H28N2O/c1-13(2)11-12-19(14-7-4-5-8-14)15-9-6-10-16(20-3)17(15)18/h6,9-10,13-14H,4-5,7-8,11-12,18H2,1-3H3. The largest absolute Gasteiger partial charge is 0.495 e. The molecular formula is C17H28N2O. The number of para-hydroxylation sites is 1. The molecule has 0 bridgehead atoms. The van der Waals surface area contributed by atoms with Crippen molar-refractivity contribution >= 4 is 11.4 Å². The molecule has 112 valence electrons. The van der Waals surface area contributed by atoms with Gasteiger partial charge in [-0.25, -0.2) is 0 Å². The van der Waals surface area contributed by atoms with E-state index < -0.39 is 0 Å². The van der Waals surface area contributed by atoms with Gasteiger partial charge in [0.2, 0.25) is 0 Å². The summed E-state index contributed by atoms with van der Waals surface area (Å²) in [6, 6.07) is 6.76. The first-order valence-corrected chi connectivity index (χ1v) is 7.82. The highest BCUT2D eigenvalue weighted by atomic mass is 16.5. The van der Waals surface area contributed by atoms with Crippen molar-refractivity contribution < 1.29 is 4.74 Å². The summed E-state index contributed by atoms with van der Waals surface area (Å²) in [6.45, 7) is 5.64. The Bertz CT molecular complexity index is 425. The summed E-state index contributed by atoms with van der Waals surface area (Å²) in [4.78, 5) is 2.52. The highest BCUT2D eigenvalue weighted by Crippen LogP contribution is 2.36. The molecule has 1 fully saturated rings. The van der Waals surface area contributed by atoms with E-state index in [2.05, 4.69) is 24.8 Å². The van der Waals surface area contributed by atoms with Crippen LogP contribution in [0.1, 0.15) is 46.0 Å². The quantitative estimate of drug-likeness (QED) is 0.796. The Labute approximate surface area is 123 Å². The minimum Gasteiger partial charge on any atom is -0.495 e. The van der Waals surface area contributed by atoms with Crippen LogP contribution in [0.3, 0.4) is 0 Å². The molecule has 0 spiro atoms. The number of nitrogens with zero attached hydrogens (tertiary/aromatic N) is 1. The number of hydrogen-bond donors (Lipinski definition) is 1. The number of ether oxygens (including phenoxy) is 1. The summed E-state index contributed by atoms with van der Waals surface area (Å²) in [5.41, 5.74) is 8.23. The van der Waals surface area contributed by atoms with Crippen molar-refractivity contribution in [3.8, 4) is 5.75 Å². The van der Waals surface area contributed by atoms with Crippen molar-refractivity contribution in [3.05, 3.63) is 18.2 Å². The summed E-state index contributed by atoms with van der Waals surface area (Å²) in [7, 11) is 1.68. The Hall–Kier alpha value is -1.38. The van der Waals surface area contributed by atoms with Crippen LogP contribution in [0.5, 0.6) is 5.75 Å². The Kier molecular flexibility index (Phi) is 5.16. The van der Waals surface area contributed by atoms with Crippen LogP contribution >= 0.6 is 0 Å². The van der Waals surface area contributed by atoms with Gasteiger partial charge in [-0.2, -0.15) is 0 Å². The molecule has 1 aromatic rings. The third kappa shape index (κ3) is 3.38. The number of benzene rings is 1. The van der Waals surface area contributed by atoms with Crippen LogP contribution in [-0.2, 0) is 0 Å². The number of hydrogen-bond acceptors (Lipinski definition) is 3. The second-order valence-electron chi connectivity index (χ2n) is 6.21. The third-order valence-electron chi connectivity index (χ3n) is 4.29. The van der Waals surface area contributed by atoms with Gasteiger partial charge in [0.05, 0.1) is 18.5 Å². The van der Waals surface area contributed by atoms with Gasteiger partial charge >= 0.3 is 0 Å². The summed E-state index contributed by atoms with van der Waals surface area (Å²) in [6.07, 6.45) is 6.45. The molecule has 2 rings (SSSR count). The summed E-state index contributed by atoms with van der Waals surface area (Å²) in [5.74, 6) is 1.50. The van der Waals surface area contributed by atoms with Gasteiger partial charge in [-0.3, -0.25) is 0 Å². The van der Waals surface area contributed by atoms with Gasteiger partial charge in [-0.05, 0) is 37.3 Å². The van der Waals surface area contributed by atoms with Gasteiger partial charge in [0.15, 0.2) is 0 Å². The predicted octanol–water partition coefficient (Wildman–Crippen LogP) is 4.07. The van der Waals surface area contributed by atoms with E-state index in [1.807, 2.05) is 12.1 Å². The molecule has 0 aliphatic heterocycles. The summed E-state index contributed by atoms with van der Waals surface area (Å²) < 4.78 is 5.37. The highest BCUT2D eigenvalue weighted by molar-refractivity contribution is 5.74. The molecule has 1 aromatic carbocycles. The number of nitrogens with two attached hydrogens (primary N) is 1. The van der Waals surface area contributed by atoms with E-state index in [4.69, 9.17) is 10.5 Å². The second kappa shape index (κ2) is 6.87. The van der Waals surface area contributed by atoms with Gasteiger partial charge in [0.1, 0.15) is 5.75 Å². The van der Waals surface area contributed by atoms with Crippen molar-refractivity contribution in [2.75, 3.05) is 24.3 Å². The fourth-order valence-corrected chi connectivity index (χ4v) is 3.07. The molecule has 0 amide bonds. The van der Waals surface area contributed by atoms with Crippen LogP contribution in [-0.4, -0.2) is 19.7 Å². The molecule has 3 nitrogen and oxygen atoms in total. The number of nitrogen functional groups attached to an aromatic ring is 1. The first-order chi connectivity index (χ1) is 9.63. The SMILES string of the molecule is COc1cccc(N(CCC(C)C)C2CCCC2)c1N. The molecule has 3 heteroatoms. The molecule has 0 unspecified atom stereocenters. The fourth-order valence-electron chi connectivity index (χ4n) is 3.07. The van der Waals surface area contributed by atoms with Crippen molar-refractivity contribution in [3.63, 3.8) is 0 Å². The van der Waals surface area contributed by atoms with Gasteiger partial charge in [0, 0.05) is 12.6 Å². The van der Waals surface area contributed by atoms with E-state index in [0.29, 0.717) is 12.0 Å². The van der Waals surface area contributed by atoms with Crippen LogP contribution in [0, 0.1) is 5.92 Å². The number of methoxy groups -OCH3 is 1. The summed E-state index contributed by atoms with van der Waals surface area (Å²) in [5, 5.41) is 0. The van der Waals surface area contributed by atoms with E-state index in [1.54, 1.807) is 7.11 Å². The van der Waals surface area contributed by atoms with Crippen LogP contribution in [0.2, 0.25) is 0 Å². The second-order valence-corrected chi connectivity index (χ2v) is 6.21. The predicted molar refractivity (Wildman–Crippen MR) is 86.5 cm³/mol. The lowest BCUT2D eigenvalue weighted by atomic mass is 10.1. The highest BCUT2D eigenvalue weighted by Gasteiger charge is 2.24. The maximum Gasteiger partial charge on any atom is 0.143 e. The Morgan fingerprint density at radius 3 is 2.60 bits per heavy atom. The molecular weight excluding hydrogens is 248 g/mol. The van der Waals surface area contributed by atoms with Gasteiger partial charge < -0.3 is 15.4 Å². The average molecular weight is 276 g/mol. The van der Waals surface area contributed by atoms with E-state index in [-0.39, 0.29) is 0 Å². The van der Waals surface area contributed by atoms with E-state index in [1.165, 1.54) is 32.1 Å². The van der Waals surface area contributed by atoms with Crippen LogP contribution < -0.4 is 15.4 Å². The van der Waals surface area contributed by atoms with Crippen molar-refractivity contribution in [1.82, 2.24) is 0 Å². The minimum atomic E-state index is 0.642. The van der Waals surface area contributed by atoms with Gasteiger partial charge in [-0.1, -0.05) is 32.8 Å². The molecule has 0 aromatic heterocycles. The Morgan fingerprint density at radius 1 is 1.30 bits per heavy atom. The van der Waals surface area contributed by atoms with E-state index in [0.717, 1.165) is 23.7 Å². The normalized spacial score (nSPS) is 15.8. The molecule has 0 saturated heterocycles. The maximum atomic E-state index is 6.30.